The smallest absolute Gasteiger partial charge is 0.248 e. The fourth-order valence-corrected chi connectivity index (χ4v) is 3.99. The number of benzene rings is 3. The molecule has 1 atom stereocenters. The van der Waals surface area contributed by atoms with Gasteiger partial charge in [0.1, 0.15) is 5.82 Å². The number of carbonyl (C=O) groups excluding carboxylic acids is 1. The lowest BCUT2D eigenvalue weighted by Gasteiger charge is -2.16. The van der Waals surface area contributed by atoms with E-state index in [-0.39, 0.29) is 5.82 Å². The summed E-state index contributed by atoms with van der Waals surface area (Å²) in [6.45, 7) is 10.3. The summed E-state index contributed by atoms with van der Waals surface area (Å²) in [4.78, 5) is 20.8. The van der Waals surface area contributed by atoms with E-state index in [4.69, 9.17) is 10.7 Å². The number of aromatic nitrogens is 1. The van der Waals surface area contributed by atoms with Gasteiger partial charge in [-0.25, -0.2) is 4.39 Å². The first-order chi connectivity index (χ1) is 18.3. The third-order valence-electron chi connectivity index (χ3n) is 6.45. The number of carbonyl (C=O) groups is 1. The van der Waals surface area contributed by atoms with E-state index in [1.165, 1.54) is 6.07 Å². The average Bonchev–Trinajstić information content (AvgIpc) is 2.93. The van der Waals surface area contributed by atoms with Crippen LogP contribution in [0.4, 0.5) is 15.8 Å². The zero-order chi connectivity index (χ0) is 27.2. The lowest BCUT2D eigenvalue weighted by Crippen LogP contribution is -2.10. The third kappa shape index (κ3) is 6.03. The second-order valence-electron chi connectivity index (χ2n) is 9.30. The predicted molar refractivity (Wildman–Crippen MR) is 155 cm³/mol. The van der Waals surface area contributed by atoms with Gasteiger partial charge in [0.2, 0.25) is 5.91 Å². The Labute approximate surface area is 223 Å². The van der Waals surface area contributed by atoms with Crippen molar-refractivity contribution in [1.82, 2.24) is 4.98 Å². The summed E-state index contributed by atoms with van der Waals surface area (Å²) in [7, 11) is 0. The molecule has 0 aliphatic carbocycles. The molecule has 0 spiro atoms. The van der Waals surface area contributed by atoms with E-state index >= 15 is 0 Å². The number of nitrogens with zero attached hydrogens (tertiary/aromatic N) is 2. The van der Waals surface area contributed by atoms with E-state index in [0.717, 1.165) is 45.7 Å². The highest BCUT2D eigenvalue weighted by Crippen LogP contribution is 2.36. The van der Waals surface area contributed by atoms with Crippen molar-refractivity contribution in [2.45, 2.75) is 27.2 Å². The van der Waals surface area contributed by atoms with Crippen LogP contribution in [0.1, 0.15) is 41.8 Å². The number of hydrogen-bond acceptors (Lipinski definition) is 4. The number of hydrogen-bond donors (Lipinski definition) is 2. The maximum absolute atomic E-state index is 13.9. The molecule has 0 fully saturated rings. The normalized spacial score (nSPS) is 11.9. The molecule has 1 unspecified atom stereocenters. The van der Waals surface area contributed by atoms with Crippen LogP contribution in [0.3, 0.4) is 0 Å². The minimum atomic E-state index is -0.478. The van der Waals surface area contributed by atoms with Gasteiger partial charge in [0.05, 0.1) is 11.4 Å². The molecule has 1 amide bonds. The molecule has 5 nitrogen and oxygen atoms in total. The van der Waals surface area contributed by atoms with E-state index in [1.54, 1.807) is 43.5 Å². The highest BCUT2D eigenvalue weighted by atomic mass is 19.1. The second-order valence-corrected chi connectivity index (χ2v) is 9.30. The molecule has 38 heavy (non-hydrogen) atoms. The Morgan fingerprint density at radius 2 is 1.84 bits per heavy atom. The molecule has 192 valence electrons. The summed E-state index contributed by atoms with van der Waals surface area (Å²) in [5, 5.41) is 3.33. The number of pyridine rings is 1. The molecular formula is C32H31FN4O. The molecule has 0 radical (unpaired) electrons. The fraction of sp³-hybridized carbons (Fsp3) is 0.156. The molecule has 1 heterocycles. The zero-order valence-electron chi connectivity index (χ0n) is 21.8. The van der Waals surface area contributed by atoms with Crippen molar-refractivity contribution in [3.8, 4) is 22.4 Å². The number of aryl methyl sites for hydroxylation is 1. The molecule has 1 aromatic heterocycles. The van der Waals surface area contributed by atoms with Crippen molar-refractivity contribution in [3.63, 3.8) is 0 Å². The van der Waals surface area contributed by atoms with Crippen LogP contribution in [0, 0.1) is 18.7 Å². The Morgan fingerprint density at radius 3 is 2.53 bits per heavy atom. The summed E-state index contributed by atoms with van der Waals surface area (Å²) in [6.07, 6.45) is 4.67. The summed E-state index contributed by atoms with van der Waals surface area (Å²) < 4.78 is 13.9. The number of primary amides is 1. The molecule has 4 rings (SSSR count). The van der Waals surface area contributed by atoms with Gasteiger partial charge in [-0.05, 0) is 91.1 Å². The number of rotatable bonds is 9. The van der Waals surface area contributed by atoms with Crippen LogP contribution in [0.25, 0.3) is 28.1 Å². The minimum Gasteiger partial charge on any atom is -0.366 e. The van der Waals surface area contributed by atoms with E-state index < -0.39 is 5.91 Å². The minimum absolute atomic E-state index is 0.247. The van der Waals surface area contributed by atoms with Gasteiger partial charge in [-0.3, -0.25) is 14.8 Å². The number of anilines is 1. The molecule has 0 saturated carbocycles. The van der Waals surface area contributed by atoms with Crippen LogP contribution in [-0.4, -0.2) is 17.1 Å². The predicted octanol–water partition coefficient (Wildman–Crippen LogP) is 7.79. The molecule has 3 N–H and O–H groups in total. The van der Waals surface area contributed by atoms with Gasteiger partial charge >= 0.3 is 0 Å². The number of halogens is 1. The van der Waals surface area contributed by atoms with Crippen LogP contribution in [0.15, 0.2) is 90.6 Å². The van der Waals surface area contributed by atoms with Crippen molar-refractivity contribution >= 4 is 29.2 Å². The van der Waals surface area contributed by atoms with E-state index in [1.807, 2.05) is 42.6 Å². The Hall–Kier alpha value is -4.58. The van der Waals surface area contributed by atoms with Gasteiger partial charge in [0, 0.05) is 46.0 Å². The zero-order valence-corrected chi connectivity index (χ0v) is 21.8. The lowest BCUT2D eigenvalue weighted by atomic mass is 9.95. The standard InChI is InChI=1S/C32H31FN4O/c1-5-20(2)19-36-30-15-11-24(18-28(30)22(4)37-26-12-8-23(9-13-26)32(34)38)27-7-6-16-35-31(27)25-10-14-29(33)21(3)17-25/h6-20,37H,4-5H2,1-3H3,(H2,34,38). The molecule has 0 aliphatic heterocycles. The molecule has 0 aliphatic rings. The van der Waals surface area contributed by atoms with Crippen LogP contribution >= 0.6 is 0 Å². The summed E-state index contributed by atoms with van der Waals surface area (Å²) in [5.74, 6) is -0.395. The van der Waals surface area contributed by atoms with E-state index in [2.05, 4.69) is 30.7 Å². The Morgan fingerprint density at radius 1 is 1.11 bits per heavy atom. The number of aliphatic imine (C=N–C) groups is 1. The molecule has 0 saturated heterocycles. The van der Waals surface area contributed by atoms with Crippen LogP contribution < -0.4 is 11.1 Å². The summed E-state index contributed by atoms with van der Waals surface area (Å²) >= 11 is 0. The lowest BCUT2D eigenvalue weighted by molar-refractivity contribution is 0.100. The summed E-state index contributed by atoms with van der Waals surface area (Å²) in [6, 6.07) is 21.8. The molecule has 6 heteroatoms. The maximum Gasteiger partial charge on any atom is 0.248 e. The monoisotopic (exact) mass is 506 g/mol. The van der Waals surface area contributed by atoms with Gasteiger partial charge in [0.25, 0.3) is 0 Å². The van der Waals surface area contributed by atoms with Gasteiger partial charge < -0.3 is 11.1 Å². The summed E-state index contributed by atoms with van der Waals surface area (Å²) in [5.41, 5.74) is 12.8. The topological polar surface area (TPSA) is 80.4 Å². The van der Waals surface area contributed by atoms with Crippen LogP contribution in [-0.2, 0) is 0 Å². The van der Waals surface area contributed by atoms with Crippen LogP contribution in [0.5, 0.6) is 0 Å². The first kappa shape index (κ1) is 26.5. The van der Waals surface area contributed by atoms with Crippen molar-refractivity contribution < 1.29 is 9.18 Å². The number of nitrogens with one attached hydrogen (secondary N) is 1. The Balaban J connectivity index is 1.77. The first-order valence-corrected chi connectivity index (χ1v) is 12.5. The largest absolute Gasteiger partial charge is 0.366 e. The molecule has 3 aromatic carbocycles. The van der Waals surface area contributed by atoms with Crippen molar-refractivity contribution in [2.75, 3.05) is 5.32 Å². The van der Waals surface area contributed by atoms with Crippen molar-refractivity contribution in [3.05, 3.63) is 108 Å². The quantitative estimate of drug-likeness (QED) is 0.227. The Bertz CT molecular complexity index is 1510. The van der Waals surface area contributed by atoms with E-state index in [9.17, 15) is 9.18 Å². The number of amides is 1. The highest BCUT2D eigenvalue weighted by Gasteiger charge is 2.14. The average molecular weight is 507 g/mol. The first-order valence-electron chi connectivity index (χ1n) is 12.5. The molecule has 4 aromatic rings. The SMILES string of the molecule is C=C(Nc1ccc(C(N)=O)cc1)c1cc(-c2cccnc2-c2ccc(F)c(C)c2)ccc1N=CC(C)CC. The number of nitrogens with two attached hydrogens (primary N) is 1. The maximum atomic E-state index is 13.9. The van der Waals surface area contributed by atoms with E-state index in [0.29, 0.717) is 22.7 Å². The van der Waals surface area contributed by atoms with Gasteiger partial charge in [-0.15, -0.1) is 0 Å². The third-order valence-corrected chi connectivity index (χ3v) is 6.45. The van der Waals surface area contributed by atoms with Crippen molar-refractivity contribution in [2.24, 2.45) is 16.6 Å². The van der Waals surface area contributed by atoms with Gasteiger partial charge in [-0.1, -0.05) is 32.6 Å². The van der Waals surface area contributed by atoms with Crippen LogP contribution in [0.2, 0.25) is 0 Å². The second kappa shape index (κ2) is 11.6. The molecular weight excluding hydrogens is 475 g/mol. The fourth-order valence-electron chi connectivity index (χ4n) is 3.99. The Kier molecular flexibility index (Phi) is 8.12. The highest BCUT2D eigenvalue weighted by molar-refractivity contribution is 5.93. The van der Waals surface area contributed by atoms with Gasteiger partial charge in [-0.2, -0.15) is 0 Å². The van der Waals surface area contributed by atoms with Crippen molar-refractivity contribution in [1.29, 1.82) is 0 Å². The van der Waals surface area contributed by atoms with Gasteiger partial charge in [0.15, 0.2) is 0 Å². The molecule has 0 bridgehead atoms.